The molecule has 3 nitrogen and oxygen atoms in total. The summed E-state index contributed by atoms with van der Waals surface area (Å²) in [6, 6.07) is 4.16. The highest BCUT2D eigenvalue weighted by Crippen LogP contribution is 2.39. The van der Waals surface area contributed by atoms with E-state index in [-0.39, 0.29) is 0 Å². The Morgan fingerprint density at radius 3 is 2.59 bits per heavy atom. The average Bonchev–Trinajstić information content (AvgIpc) is 2.30. The van der Waals surface area contributed by atoms with E-state index in [0.29, 0.717) is 13.2 Å². The monoisotopic (exact) mass is 255 g/mol. The van der Waals surface area contributed by atoms with Gasteiger partial charge in [-0.1, -0.05) is 6.92 Å². The quantitative estimate of drug-likeness (QED) is 0.761. The van der Waals surface area contributed by atoms with Crippen molar-refractivity contribution in [3.8, 4) is 11.5 Å². The van der Waals surface area contributed by atoms with Crippen molar-refractivity contribution in [2.75, 3.05) is 26.0 Å². The van der Waals surface area contributed by atoms with E-state index >= 15 is 0 Å². The summed E-state index contributed by atoms with van der Waals surface area (Å²) in [7, 11) is 1.68. The molecule has 1 aromatic carbocycles. The fraction of sp³-hybridized carbons (Fsp3) is 0.538. The van der Waals surface area contributed by atoms with Gasteiger partial charge in [0.25, 0.3) is 0 Å². The van der Waals surface area contributed by atoms with Gasteiger partial charge in [0.2, 0.25) is 0 Å². The highest BCUT2D eigenvalue weighted by molar-refractivity contribution is 7.99. The number of benzene rings is 1. The third-order valence-corrected chi connectivity index (χ3v) is 3.22. The van der Waals surface area contributed by atoms with E-state index in [0.717, 1.165) is 28.6 Å². The Bertz CT molecular complexity index is 328. The van der Waals surface area contributed by atoms with Gasteiger partial charge in [-0.05, 0) is 43.3 Å². The zero-order valence-corrected chi connectivity index (χ0v) is 11.6. The van der Waals surface area contributed by atoms with Crippen molar-refractivity contribution in [1.82, 2.24) is 0 Å². The number of hydrogen-bond donors (Lipinski definition) is 1. The summed E-state index contributed by atoms with van der Waals surface area (Å²) in [5.74, 6) is 2.66. The molecule has 0 unspecified atom stereocenters. The number of thioether (sulfide) groups is 1. The van der Waals surface area contributed by atoms with Gasteiger partial charge in [-0.3, -0.25) is 0 Å². The van der Waals surface area contributed by atoms with Gasteiger partial charge in [0, 0.05) is 0 Å². The SMILES string of the molecule is CCOc1cc(CCN)cc(SCC)c1OC. The normalized spacial score (nSPS) is 10.4. The second kappa shape index (κ2) is 7.45. The predicted molar refractivity (Wildman–Crippen MR) is 73.3 cm³/mol. The fourth-order valence-corrected chi connectivity index (χ4v) is 2.53. The first-order valence-electron chi connectivity index (χ1n) is 5.93. The molecule has 0 fully saturated rings. The molecule has 1 aromatic rings. The third kappa shape index (κ3) is 3.82. The first-order valence-corrected chi connectivity index (χ1v) is 6.91. The molecule has 0 aliphatic heterocycles. The van der Waals surface area contributed by atoms with Crippen LogP contribution < -0.4 is 15.2 Å². The molecule has 0 amide bonds. The first-order chi connectivity index (χ1) is 8.26. The van der Waals surface area contributed by atoms with Crippen molar-refractivity contribution >= 4 is 11.8 Å². The van der Waals surface area contributed by atoms with Gasteiger partial charge < -0.3 is 15.2 Å². The number of rotatable bonds is 7. The molecule has 0 aromatic heterocycles. The molecule has 1 rings (SSSR count). The van der Waals surface area contributed by atoms with Gasteiger partial charge in [0.05, 0.1) is 18.6 Å². The Labute approximate surface area is 108 Å². The third-order valence-electron chi connectivity index (χ3n) is 2.32. The molecule has 0 aliphatic rings. The maximum atomic E-state index is 5.62. The summed E-state index contributed by atoms with van der Waals surface area (Å²) in [6.07, 6.45) is 0.862. The van der Waals surface area contributed by atoms with Crippen LogP contribution in [0.4, 0.5) is 0 Å². The minimum Gasteiger partial charge on any atom is -0.492 e. The smallest absolute Gasteiger partial charge is 0.174 e. The lowest BCUT2D eigenvalue weighted by Gasteiger charge is -2.15. The largest absolute Gasteiger partial charge is 0.492 e. The van der Waals surface area contributed by atoms with Crippen LogP contribution in [0.2, 0.25) is 0 Å². The molecule has 0 bridgehead atoms. The summed E-state index contributed by atoms with van der Waals surface area (Å²) >= 11 is 1.76. The van der Waals surface area contributed by atoms with Gasteiger partial charge in [-0.15, -0.1) is 11.8 Å². The molecule has 17 heavy (non-hydrogen) atoms. The lowest BCUT2D eigenvalue weighted by Crippen LogP contribution is -2.04. The summed E-state index contributed by atoms with van der Waals surface area (Å²) < 4.78 is 11.1. The van der Waals surface area contributed by atoms with Crippen LogP contribution in [0.5, 0.6) is 11.5 Å². The van der Waals surface area contributed by atoms with Crippen LogP contribution in [-0.4, -0.2) is 26.0 Å². The van der Waals surface area contributed by atoms with Gasteiger partial charge in [0.15, 0.2) is 11.5 Å². The molecule has 0 aliphatic carbocycles. The van der Waals surface area contributed by atoms with E-state index in [4.69, 9.17) is 15.2 Å². The zero-order chi connectivity index (χ0) is 12.7. The Hall–Kier alpha value is -0.870. The minimum atomic E-state index is 0.638. The van der Waals surface area contributed by atoms with Gasteiger partial charge in [-0.2, -0.15) is 0 Å². The Kier molecular flexibility index (Phi) is 6.22. The molecule has 4 heteroatoms. The van der Waals surface area contributed by atoms with Crippen molar-refractivity contribution < 1.29 is 9.47 Å². The zero-order valence-electron chi connectivity index (χ0n) is 10.8. The maximum Gasteiger partial charge on any atom is 0.174 e. The van der Waals surface area contributed by atoms with Crippen molar-refractivity contribution in [2.45, 2.75) is 25.2 Å². The van der Waals surface area contributed by atoms with Crippen LogP contribution in [0.15, 0.2) is 17.0 Å². The molecule has 0 saturated carbocycles. The van der Waals surface area contributed by atoms with Gasteiger partial charge in [0.1, 0.15) is 0 Å². The van der Waals surface area contributed by atoms with E-state index in [1.54, 1.807) is 18.9 Å². The Morgan fingerprint density at radius 1 is 1.29 bits per heavy atom. The van der Waals surface area contributed by atoms with Crippen molar-refractivity contribution in [1.29, 1.82) is 0 Å². The Morgan fingerprint density at radius 2 is 2.06 bits per heavy atom. The maximum absolute atomic E-state index is 5.62. The molecular weight excluding hydrogens is 234 g/mol. The summed E-state index contributed by atoms with van der Waals surface area (Å²) in [5.41, 5.74) is 6.80. The predicted octanol–water partition coefficient (Wildman–Crippen LogP) is 2.71. The molecule has 0 saturated heterocycles. The van der Waals surface area contributed by atoms with Crippen LogP contribution in [0, 0.1) is 0 Å². The van der Waals surface area contributed by atoms with E-state index in [2.05, 4.69) is 13.0 Å². The summed E-state index contributed by atoms with van der Waals surface area (Å²) in [6.45, 7) is 5.38. The topological polar surface area (TPSA) is 44.5 Å². The average molecular weight is 255 g/mol. The number of ether oxygens (including phenoxy) is 2. The standard InChI is InChI=1S/C13H21NO2S/c1-4-16-11-8-10(6-7-14)9-12(17-5-2)13(11)15-3/h8-9H,4-7,14H2,1-3H3. The minimum absolute atomic E-state index is 0.638. The van der Waals surface area contributed by atoms with Crippen LogP contribution in [0.1, 0.15) is 19.4 Å². The van der Waals surface area contributed by atoms with Crippen molar-refractivity contribution in [3.05, 3.63) is 17.7 Å². The highest BCUT2D eigenvalue weighted by atomic mass is 32.2. The number of nitrogens with two attached hydrogens (primary N) is 1. The van der Waals surface area contributed by atoms with E-state index < -0.39 is 0 Å². The first kappa shape index (κ1) is 14.2. The molecule has 0 radical (unpaired) electrons. The molecule has 2 N–H and O–H groups in total. The fourth-order valence-electron chi connectivity index (χ4n) is 1.67. The van der Waals surface area contributed by atoms with Crippen LogP contribution in [-0.2, 0) is 6.42 Å². The number of methoxy groups -OCH3 is 1. The summed E-state index contributed by atoms with van der Waals surface area (Å²) in [5, 5.41) is 0. The molecule has 0 atom stereocenters. The lowest BCUT2D eigenvalue weighted by atomic mass is 10.1. The van der Waals surface area contributed by atoms with Gasteiger partial charge in [-0.25, -0.2) is 0 Å². The van der Waals surface area contributed by atoms with E-state index in [9.17, 15) is 0 Å². The van der Waals surface area contributed by atoms with E-state index in [1.807, 2.05) is 13.0 Å². The van der Waals surface area contributed by atoms with Crippen molar-refractivity contribution in [2.24, 2.45) is 5.73 Å². The second-order valence-electron chi connectivity index (χ2n) is 3.53. The van der Waals surface area contributed by atoms with Gasteiger partial charge >= 0.3 is 0 Å². The molecule has 96 valence electrons. The van der Waals surface area contributed by atoms with E-state index in [1.165, 1.54) is 5.56 Å². The summed E-state index contributed by atoms with van der Waals surface area (Å²) in [4.78, 5) is 1.13. The van der Waals surface area contributed by atoms with Crippen LogP contribution in [0.25, 0.3) is 0 Å². The Balaban J connectivity index is 3.14. The molecule has 0 spiro atoms. The van der Waals surface area contributed by atoms with Crippen molar-refractivity contribution in [3.63, 3.8) is 0 Å². The van der Waals surface area contributed by atoms with Crippen LogP contribution in [0.3, 0.4) is 0 Å². The second-order valence-corrected chi connectivity index (χ2v) is 4.84. The molecule has 0 heterocycles. The molecular formula is C13H21NO2S. The number of hydrogen-bond acceptors (Lipinski definition) is 4. The lowest BCUT2D eigenvalue weighted by molar-refractivity contribution is 0.306. The highest BCUT2D eigenvalue weighted by Gasteiger charge is 2.12. The van der Waals surface area contributed by atoms with Crippen LogP contribution >= 0.6 is 11.8 Å².